The summed E-state index contributed by atoms with van der Waals surface area (Å²) in [7, 11) is 0. The molecule has 1 saturated heterocycles. The lowest BCUT2D eigenvalue weighted by atomic mass is 9.87. The van der Waals surface area contributed by atoms with Crippen molar-refractivity contribution in [3.8, 4) is 0 Å². The van der Waals surface area contributed by atoms with Crippen LogP contribution >= 0.6 is 0 Å². The first-order valence-corrected chi connectivity index (χ1v) is 5.32. The molecule has 0 saturated carbocycles. The largest absolute Gasteiger partial charge is 0.313 e. The molecule has 3 nitrogen and oxygen atoms in total. The maximum atomic E-state index is 4.36. The minimum Gasteiger partial charge on any atom is -0.313 e. The van der Waals surface area contributed by atoms with Gasteiger partial charge in [0.15, 0.2) is 0 Å². The van der Waals surface area contributed by atoms with Gasteiger partial charge in [-0.1, -0.05) is 13.8 Å². The van der Waals surface area contributed by atoms with Crippen molar-refractivity contribution in [1.29, 1.82) is 0 Å². The first kappa shape index (κ1) is 9.59. The molecule has 3 unspecified atom stereocenters. The molecule has 1 aromatic heterocycles. The van der Waals surface area contributed by atoms with Crippen molar-refractivity contribution in [2.45, 2.75) is 32.2 Å². The van der Waals surface area contributed by atoms with Gasteiger partial charge >= 0.3 is 0 Å². The van der Waals surface area contributed by atoms with Crippen LogP contribution in [0.15, 0.2) is 18.6 Å². The number of nitrogens with zero attached hydrogens (tertiary/aromatic N) is 2. The first-order valence-electron chi connectivity index (χ1n) is 5.32. The number of hydrogen-bond acceptors (Lipinski definition) is 3. The van der Waals surface area contributed by atoms with E-state index in [1.807, 2.05) is 12.3 Å². The quantitative estimate of drug-likeness (QED) is 0.771. The fraction of sp³-hybridized carbons (Fsp3) is 0.636. The second-order valence-corrected chi connectivity index (χ2v) is 4.06. The van der Waals surface area contributed by atoms with E-state index >= 15 is 0 Å². The molecule has 0 amide bonds. The molecule has 1 aliphatic rings. The Morgan fingerprint density at radius 3 is 3.07 bits per heavy atom. The van der Waals surface area contributed by atoms with Crippen LogP contribution in [0.3, 0.4) is 0 Å². The van der Waals surface area contributed by atoms with Crippen LogP contribution < -0.4 is 5.32 Å². The van der Waals surface area contributed by atoms with Crippen LogP contribution in [0.2, 0.25) is 0 Å². The molecule has 0 spiro atoms. The number of rotatable bonds is 2. The minimum atomic E-state index is 0.558. The first-order chi connectivity index (χ1) is 6.83. The van der Waals surface area contributed by atoms with Gasteiger partial charge in [-0.2, -0.15) is 0 Å². The van der Waals surface area contributed by atoms with E-state index in [2.05, 4.69) is 29.1 Å². The second kappa shape index (κ2) is 4.05. The lowest BCUT2D eigenvalue weighted by Crippen LogP contribution is -2.25. The number of aromatic nitrogens is 2. The smallest absolute Gasteiger partial charge is 0.115 e. The predicted molar refractivity (Wildman–Crippen MR) is 56.0 cm³/mol. The van der Waals surface area contributed by atoms with E-state index in [-0.39, 0.29) is 0 Å². The Morgan fingerprint density at radius 2 is 2.43 bits per heavy atom. The molecule has 0 aromatic carbocycles. The van der Waals surface area contributed by atoms with E-state index in [4.69, 9.17) is 0 Å². The van der Waals surface area contributed by atoms with E-state index in [1.165, 1.54) is 12.1 Å². The molecule has 14 heavy (non-hydrogen) atoms. The lowest BCUT2D eigenvalue weighted by Gasteiger charge is -2.19. The van der Waals surface area contributed by atoms with Crippen molar-refractivity contribution in [2.24, 2.45) is 5.92 Å². The monoisotopic (exact) mass is 191 g/mol. The average Bonchev–Trinajstić information content (AvgIpc) is 2.61. The zero-order chi connectivity index (χ0) is 9.97. The summed E-state index contributed by atoms with van der Waals surface area (Å²) in [5.41, 5.74) is 1.18. The molecular weight excluding hydrogens is 174 g/mol. The molecule has 3 atom stereocenters. The van der Waals surface area contributed by atoms with Crippen molar-refractivity contribution >= 4 is 0 Å². The Hall–Kier alpha value is -0.960. The Balaban J connectivity index is 2.23. The molecule has 2 heterocycles. The summed E-state index contributed by atoms with van der Waals surface area (Å²) in [6.45, 7) is 5.62. The Morgan fingerprint density at radius 1 is 1.57 bits per heavy atom. The molecular formula is C11H17N3. The van der Waals surface area contributed by atoms with E-state index in [0.717, 1.165) is 6.54 Å². The van der Waals surface area contributed by atoms with Gasteiger partial charge in [-0.25, -0.2) is 9.97 Å². The standard InChI is InChI=1S/C11H17N3/c1-3-9-11(8(2)6-13-9)10-4-5-12-7-14-10/h4-5,7-9,11,13H,3,6H2,1-2H3. The van der Waals surface area contributed by atoms with E-state index in [1.54, 1.807) is 6.33 Å². The van der Waals surface area contributed by atoms with Gasteiger partial charge in [-0.05, 0) is 24.9 Å². The third-order valence-electron chi connectivity index (χ3n) is 3.13. The Kier molecular flexibility index (Phi) is 2.77. The van der Waals surface area contributed by atoms with Crippen LogP contribution in [0.1, 0.15) is 31.9 Å². The molecule has 1 fully saturated rings. The van der Waals surface area contributed by atoms with Crippen LogP contribution in [0.5, 0.6) is 0 Å². The molecule has 76 valence electrons. The molecule has 1 aliphatic heterocycles. The van der Waals surface area contributed by atoms with Gasteiger partial charge in [0.2, 0.25) is 0 Å². The van der Waals surface area contributed by atoms with Crippen LogP contribution in [0, 0.1) is 5.92 Å². The maximum Gasteiger partial charge on any atom is 0.115 e. The highest BCUT2D eigenvalue weighted by Crippen LogP contribution is 2.32. The topological polar surface area (TPSA) is 37.8 Å². The van der Waals surface area contributed by atoms with Gasteiger partial charge in [-0.15, -0.1) is 0 Å². The van der Waals surface area contributed by atoms with E-state index < -0.39 is 0 Å². The number of nitrogens with one attached hydrogen (secondary N) is 1. The average molecular weight is 191 g/mol. The van der Waals surface area contributed by atoms with Crippen molar-refractivity contribution in [1.82, 2.24) is 15.3 Å². The predicted octanol–water partition coefficient (Wildman–Crippen LogP) is 1.58. The number of hydrogen-bond donors (Lipinski definition) is 1. The third kappa shape index (κ3) is 1.64. The Bertz CT molecular complexity index is 286. The van der Waals surface area contributed by atoms with Gasteiger partial charge in [0, 0.05) is 23.9 Å². The summed E-state index contributed by atoms with van der Waals surface area (Å²) in [6.07, 6.45) is 4.65. The summed E-state index contributed by atoms with van der Waals surface area (Å²) in [4.78, 5) is 8.32. The summed E-state index contributed by atoms with van der Waals surface area (Å²) < 4.78 is 0. The van der Waals surface area contributed by atoms with Gasteiger partial charge in [0.25, 0.3) is 0 Å². The Labute approximate surface area is 85.0 Å². The summed E-state index contributed by atoms with van der Waals surface area (Å²) in [5, 5.41) is 3.54. The van der Waals surface area contributed by atoms with E-state index in [9.17, 15) is 0 Å². The highest BCUT2D eigenvalue weighted by Gasteiger charge is 2.33. The SMILES string of the molecule is CCC1NCC(C)C1c1ccncn1. The summed E-state index contributed by atoms with van der Waals surface area (Å²) in [6, 6.07) is 2.62. The van der Waals surface area contributed by atoms with Crippen LogP contribution in [0.4, 0.5) is 0 Å². The van der Waals surface area contributed by atoms with Gasteiger partial charge in [-0.3, -0.25) is 0 Å². The van der Waals surface area contributed by atoms with Gasteiger partial charge in [0.05, 0.1) is 0 Å². The molecule has 0 aliphatic carbocycles. The normalized spacial score (nSPS) is 32.0. The van der Waals surface area contributed by atoms with Gasteiger partial charge in [0.1, 0.15) is 6.33 Å². The zero-order valence-electron chi connectivity index (χ0n) is 8.77. The second-order valence-electron chi connectivity index (χ2n) is 4.06. The molecule has 1 aromatic rings. The van der Waals surface area contributed by atoms with Gasteiger partial charge < -0.3 is 5.32 Å². The maximum absolute atomic E-state index is 4.36. The third-order valence-corrected chi connectivity index (χ3v) is 3.13. The van der Waals surface area contributed by atoms with Crippen LogP contribution in [0.25, 0.3) is 0 Å². The zero-order valence-corrected chi connectivity index (χ0v) is 8.77. The highest BCUT2D eigenvalue weighted by molar-refractivity contribution is 5.13. The van der Waals surface area contributed by atoms with Crippen LogP contribution in [-0.4, -0.2) is 22.6 Å². The highest BCUT2D eigenvalue weighted by atomic mass is 15.0. The molecule has 1 N–H and O–H groups in total. The molecule has 0 bridgehead atoms. The lowest BCUT2D eigenvalue weighted by molar-refractivity contribution is 0.473. The van der Waals surface area contributed by atoms with Crippen molar-refractivity contribution in [3.05, 3.63) is 24.3 Å². The van der Waals surface area contributed by atoms with Crippen LogP contribution in [-0.2, 0) is 0 Å². The molecule has 0 radical (unpaired) electrons. The van der Waals surface area contributed by atoms with Crippen molar-refractivity contribution in [2.75, 3.05) is 6.54 Å². The molecule has 3 heteroatoms. The van der Waals surface area contributed by atoms with Crippen molar-refractivity contribution < 1.29 is 0 Å². The summed E-state index contributed by atoms with van der Waals surface area (Å²) in [5.74, 6) is 1.23. The van der Waals surface area contributed by atoms with E-state index in [0.29, 0.717) is 17.9 Å². The fourth-order valence-corrected chi connectivity index (χ4v) is 2.38. The fourth-order valence-electron chi connectivity index (χ4n) is 2.38. The minimum absolute atomic E-state index is 0.558. The summed E-state index contributed by atoms with van der Waals surface area (Å²) >= 11 is 0. The molecule has 2 rings (SSSR count). The van der Waals surface area contributed by atoms with Crippen molar-refractivity contribution in [3.63, 3.8) is 0 Å².